The van der Waals surface area contributed by atoms with E-state index in [1.807, 2.05) is 11.8 Å². The Bertz CT molecular complexity index is 463. The smallest absolute Gasteiger partial charge is 0.124 e. The van der Waals surface area contributed by atoms with Crippen molar-refractivity contribution in [2.45, 2.75) is 71.6 Å². The molecule has 1 N–H and O–H groups in total. The largest absolute Gasteiger partial charge is 0.507 e. The minimum atomic E-state index is 0.487. The maximum Gasteiger partial charge on any atom is 0.124 e. The highest BCUT2D eigenvalue weighted by atomic mass is 79.9. The molecule has 0 atom stereocenters. The molecular formula is C20H34BrNOS. The maximum absolute atomic E-state index is 10.6. The summed E-state index contributed by atoms with van der Waals surface area (Å²) in [6, 6.07) is 4.12. The second kappa shape index (κ2) is 13.1. The van der Waals surface area contributed by atoms with Gasteiger partial charge in [0.25, 0.3) is 0 Å². The molecular weight excluding hydrogens is 382 g/mol. The number of benzene rings is 1. The fourth-order valence-electron chi connectivity index (χ4n) is 2.80. The summed E-state index contributed by atoms with van der Waals surface area (Å²) in [5.41, 5.74) is 2.09. The SMILES string of the molecule is CCCCCCCCSCc1cc(Br)cc(CN(CC)CC)c1O. The van der Waals surface area contributed by atoms with Gasteiger partial charge in [0, 0.05) is 27.9 Å². The van der Waals surface area contributed by atoms with Gasteiger partial charge in [0.2, 0.25) is 0 Å². The van der Waals surface area contributed by atoms with Crippen LogP contribution in [0.15, 0.2) is 16.6 Å². The highest BCUT2D eigenvalue weighted by Crippen LogP contribution is 2.31. The van der Waals surface area contributed by atoms with Crippen molar-refractivity contribution in [2.24, 2.45) is 0 Å². The average molecular weight is 416 g/mol. The summed E-state index contributed by atoms with van der Waals surface area (Å²) in [5.74, 6) is 2.56. The highest BCUT2D eigenvalue weighted by Gasteiger charge is 2.12. The van der Waals surface area contributed by atoms with Gasteiger partial charge >= 0.3 is 0 Å². The molecule has 4 heteroatoms. The van der Waals surface area contributed by atoms with Crippen LogP contribution in [-0.4, -0.2) is 28.8 Å². The summed E-state index contributed by atoms with van der Waals surface area (Å²) in [6.07, 6.45) is 8.05. The van der Waals surface area contributed by atoms with E-state index in [-0.39, 0.29) is 0 Å². The van der Waals surface area contributed by atoms with E-state index in [1.165, 1.54) is 44.3 Å². The lowest BCUT2D eigenvalue weighted by molar-refractivity contribution is 0.290. The van der Waals surface area contributed by atoms with E-state index in [1.54, 1.807) is 0 Å². The van der Waals surface area contributed by atoms with Crippen LogP contribution in [0.3, 0.4) is 0 Å². The summed E-state index contributed by atoms with van der Waals surface area (Å²) in [6.45, 7) is 9.41. The normalized spacial score (nSPS) is 11.4. The minimum Gasteiger partial charge on any atom is -0.507 e. The van der Waals surface area contributed by atoms with Crippen molar-refractivity contribution < 1.29 is 5.11 Å². The van der Waals surface area contributed by atoms with Gasteiger partial charge in [-0.15, -0.1) is 0 Å². The first-order chi connectivity index (χ1) is 11.6. The van der Waals surface area contributed by atoms with Gasteiger partial charge < -0.3 is 5.11 Å². The molecule has 0 aliphatic rings. The summed E-state index contributed by atoms with van der Waals surface area (Å²) in [4.78, 5) is 2.33. The first-order valence-electron chi connectivity index (χ1n) is 9.42. The number of phenols is 1. The zero-order chi connectivity index (χ0) is 17.8. The summed E-state index contributed by atoms with van der Waals surface area (Å²) in [5, 5.41) is 10.6. The molecule has 24 heavy (non-hydrogen) atoms. The third kappa shape index (κ3) is 8.26. The number of aromatic hydroxyl groups is 1. The fraction of sp³-hybridized carbons (Fsp3) is 0.700. The standard InChI is InChI=1S/C20H34BrNOS/c1-4-7-8-9-10-11-12-24-16-18-14-19(21)13-17(20(18)23)15-22(5-2)6-3/h13-14,23H,4-12,15-16H2,1-3H3. The molecule has 1 aromatic carbocycles. The van der Waals surface area contributed by atoms with Crippen molar-refractivity contribution in [2.75, 3.05) is 18.8 Å². The molecule has 2 nitrogen and oxygen atoms in total. The van der Waals surface area contributed by atoms with Crippen LogP contribution in [0, 0.1) is 0 Å². The number of thioether (sulfide) groups is 1. The Morgan fingerprint density at radius 3 is 2.25 bits per heavy atom. The van der Waals surface area contributed by atoms with Crippen LogP contribution in [0.25, 0.3) is 0 Å². The van der Waals surface area contributed by atoms with Gasteiger partial charge in [0.05, 0.1) is 0 Å². The Morgan fingerprint density at radius 2 is 1.58 bits per heavy atom. The zero-order valence-electron chi connectivity index (χ0n) is 15.6. The number of unbranched alkanes of at least 4 members (excludes halogenated alkanes) is 5. The van der Waals surface area contributed by atoms with Gasteiger partial charge in [0.15, 0.2) is 0 Å². The van der Waals surface area contributed by atoms with Gasteiger partial charge in [-0.3, -0.25) is 4.90 Å². The lowest BCUT2D eigenvalue weighted by atomic mass is 10.1. The van der Waals surface area contributed by atoms with Crippen LogP contribution in [-0.2, 0) is 12.3 Å². The molecule has 1 aromatic rings. The van der Waals surface area contributed by atoms with Crippen molar-refractivity contribution in [1.82, 2.24) is 4.90 Å². The van der Waals surface area contributed by atoms with Crippen LogP contribution in [0.4, 0.5) is 0 Å². The van der Waals surface area contributed by atoms with Gasteiger partial charge in [-0.1, -0.05) is 68.8 Å². The molecule has 1 rings (SSSR count). The molecule has 0 heterocycles. The molecule has 0 saturated carbocycles. The van der Waals surface area contributed by atoms with E-state index in [0.717, 1.165) is 41.0 Å². The summed E-state index contributed by atoms with van der Waals surface area (Å²) in [7, 11) is 0. The molecule has 0 bridgehead atoms. The Balaban J connectivity index is 2.46. The molecule has 0 amide bonds. The molecule has 0 saturated heterocycles. The van der Waals surface area contributed by atoms with E-state index in [9.17, 15) is 5.11 Å². The predicted octanol–water partition coefficient (Wildman–Crippen LogP) is 6.59. The number of hydrogen-bond donors (Lipinski definition) is 1. The van der Waals surface area contributed by atoms with Crippen molar-refractivity contribution in [1.29, 1.82) is 0 Å². The molecule has 0 aliphatic carbocycles. The molecule has 138 valence electrons. The van der Waals surface area contributed by atoms with E-state index in [2.05, 4.69) is 53.7 Å². The quantitative estimate of drug-likeness (QED) is 0.367. The first kappa shape index (κ1) is 21.9. The van der Waals surface area contributed by atoms with Gasteiger partial charge in [0.1, 0.15) is 5.75 Å². The van der Waals surface area contributed by atoms with E-state index in [0.29, 0.717) is 5.75 Å². The summed E-state index contributed by atoms with van der Waals surface area (Å²) < 4.78 is 1.07. The molecule has 0 radical (unpaired) electrons. The van der Waals surface area contributed by atoms with E-state index in [4.69, 9.17) is 0 Å². The summed E-state index contributed by atoms with van der Waals surface area (Å²) >= 11 is 5.54. The Morgan fingerprint density at radius 1 is 0.958 bits per heavy atom. The zero-order valence-corrected chi connectivity index (χ0v) is 18.0. The molecule has 0 aliphatic heterocycles. The van der Waals surface area contributed by atoms with Crippen LogP contribution in [0.1, 0.15) is 70.4 Å². The monoisotopic (exact) mass is 415 g/mol. The molecule has 0 fully saturated rings. The lowest BCUT2D eigenvalue weighted by Gasteiger charge is -2.20. The van der Waals surface area contributed by atoms with Crippen LogP contribution in [0.2, 0.25) is 0 Å². The van der Waals surface area contributed by atoms with Crippen LogP contribution < -0.4 is 0 Å². The van der Waals surface area contributed by atoms with Crippen molar-refractivity contribution in [3.8, 4) is 5.75 Å². The van der Waals surface area contributed by atoms with E-state index < -0.39 is 0 Å². The third-order valence-corrected chi connectivity index (χ3v) is 5.97. The van der Waals surface area contributed by atoms with Crippen molar-refractivity contribution in [3.63, 3.8) is 0 Å². The minimum absolute atomic E-state index is 0.487. The van der Waals surface area contributed by atoms with Crippen molar-refractivity contribution in [3.05, 3.63) is 27.7 Å². The fourth-order valence-corrected chi connectivity index (χ4v) is 4.35. The number of nitrogens with zero attached hydrogens (tertiary/aromatic N) is 1. The molecule has 0 spiro atoms. The van der Waals surface area contributed by atoms with Gasteiger partial charge in [-0.25, -0.2) is 0 Å². The van der Waals surface area contributed by atoms with Crippen LogP contribution >= 0.6 is 27.7 Å². The third-order valence-electron chi connectivity index (χ3n) is 4.42. The maximum atomic E-state index is 10.6. The van der Waals surface area contributed by atoms with E-state index >= 15 is 0 Å². The van der Waals surface area contributed by atoms with Crippen LogP contribution in [0.5, 0.6) is 5.75 Å². The Labute approximate surface area is 161 Å². The number of halogens is 1. The average Bonchev–Trinajstić information content (AvgIpc) is 2.58. The Hall–Kier alpha value is -0.190. The lowest BCUT2D eigenvalue weighted by Crippen LogP contribution is -2.22. The topological polar surface area (TPSA) is 23.5 Å². The number of hydrogen-bond acceptors (Lipinski definition) is 3. The first-order valence-corrected chi connectivity index (χ1v) is 11.4. The van der Waals surface area contributed by atoms with Crippen molar-refractivity contribution >= 4 is 27.7 Å². The second-order valence-corrected chi connectivity index (χ2v) is 8.38. The Kier molecular flexibility index (Phi) is 11.9. The second-order valence-electron chi connectivity index (χ2n) is 6.35. The van der Waals surface area contributed by atoms with Gasteiger partial charge in [-0.2, -0.15) is 11.8 Å². The predicted molar refractivity (Wildman–Crippen MR) is 112 cm³/mol. The number of rotatable bonds is 13. The van der Waals surface area contributed by atoms with Gasteiger partial charge in [-0.05, 0) is 37.4 Å². The molecule has 0 unspecified atom stereocenters. The molecule has 0 aromatic heterocycles. The number of phenolic OH excluding ortho intramolecular Hbond substituents is 1. The highest BCUT2D eigenvalue weighted by molar-refractivity contribution is 9.10.